The fraction of sp³-hybridized carbons (Fsp3) is 0.350. The first-order valence-corrected chi connectivity index (χ1v) is 9.11. The summed E-state index contributed by atoms with van der Waals surface area (Å²) in [5.41, 5.74) is 1.94. The molecule has 24 heavy (non-hydrogen) atoms. The Labute approximate surface area is 151 Å². The van der Waals surface area contributed by atoms with E-state index in [4.69, 9.17) is 4.74 Å². The number of hydrogen-bond donors (Lipinski definition) is 1. The fourth-order valence-electron chi connectivity index (χ4n) is 3.61. The number of carbonyl (C=O) groups excluding carboxylic acids is 1. The minimum atomic E-state index is -0.0876. The summed E-state index contributed by atoms with van der Waals surface area (Å²) in [5.74, 6) is 0.506. The Hall–Kier alpha value is -1.81. The molecule has 0 heterocycles. The molecule has 0 aliphatic heterocycles. The third kappa shape index (κ3) is 3.48. The van der Waals surface area contributed by atoms with Crippen molar-refractivity contribution in [3.63, 3.8) is 0 Å². The van der Waals surface area contributed by atoms with Crippen molar-refractivity contribution >= 4 is 21.8 Å². The molecular weight excluding hydrogens is 366 g/mol. The molecule has 1 aliphatic carbocycles. The van der Waals surface area contributed by atoms with Gasteiger partial charge in [-0.15, -0.1) is 0 Å². The highest BCUT2D eigenvalue weighted by molar-refractivity contribution is 9.10. The van der Waals surface area contributed by atoms with Crippen molar-refractivity contribution in [2.75, 3.05) is 13.7 Å². The zero-order chi connectivity index (χ0) is 17.0. The minimum Gasteiger partial charge on any atom is -0.496 e. The van der Waals surface area contributed by atoms with Crippen molar-refractivity contribution in [2.24, 2.45) is 0 Å². The molecule has 3 nitrogen and oxygen atoms in total. The molecule has 0 bridgehead atoms. The lowest BCUT2D eigenvalue weighted by Gasteiger charge is -2.30. The third-order valence-corrected chi connectivity index (χ3v) is 5.43. The van der Waals surface area contributed by atoms with Crippen molar-refractivity contribution in [1.82, 2.24) is 5.32 Å². The van der Waals surface area contributed by atoms with E-state index in [9.17, 15) is 4.79 Å². The number of rotatable bonds is 5. The third-order valence-electron chi connectivity index (χ3n) is 4.94. The van der Waals surface area contributed by atoms with E-state index in [1.165, 1.54) is 18.4 Å². The van der Waals surface area contributed by atoms with E-state index >= 15 is 0 Å². The maximum atomic E-state index is 12.7. The van der Waals surface area contributed by atoms with Crippen LogP contribution in [-0.4, -0.2) is 19.6 Å². The Kier molecular flexibility index (Phi) is 5.24. The first kappa shape index (κ1) is 17.0. The predicted octanol–water partition coefficient (Wildman–Crippen LogP) is 4.70. The quantitative estimate of drug-likeness (QED) is 0.807. The Morgan fingerprint density at radius 3 is 2.54 bits per heavy atom. The molecule has 0 spiro atoms. The minimum absolute atomic E-state index is 0.0518. The molecule has 2 aromatic carbocycles. The van der Waals surface area contributed by atoms with Gasteiger partial charge < -0.3 is 10.1 Å². The number of amides is 1. The van der Waals surface area contributed by atoms with Crippen LogP contribution in [0.15, 0.2) is 53.0 Å². The number of halogens is 1. The summed E-state index contributed by atoms with van der Waals surface area (Å²) < 4.78 is 6.19. The van der Waals surface area contributed by atoms with Gasteiger partial charge in [0.15, 0.2) is 0 Å². The van der Waals surface area contributed by atoms with Crippen molar-refractivity contribution in [2.45, 2.75) is 31.1 Å². The second-order valence-electron chi connectivity index (χ2n) is 6.38. The van der Waals surface area contributed by atoms with E-state index in [0.29, 0.717) is 17.9 Å². The van der Waals surface area contributed by atoms with E-state index < -0.39 is 0 Å². The SMILES string of the molecule is COc1ccc(Br)cc1C(=O)NCC1(c2ccccc2)CCCC1. The molecule has 1 aliphatic rings. The molecule has 1 amide bonds. The smallest absolute Gasteiger partial charge is 0.255 e. The van der Waals surface area contributed by atoms with Crippen LogP contribution in [0.2, 0.25) is 0 Å². The second-order valence-corrected chi connectivity index (χ2v) is 7.30. The maximum absolute atomic E-state index is 12.7. The number of nitrogens with one attached hydrogen (secondary N) is 1. The van der Waals surface area contributed by atoms with Crippen LogP contribution in [0, 0.1) is 0 Å². The van der Waals surface area contributed by atoms with Crippen LogP contribution in [0.1, 0.15) is 41.6 Å². The van der Waals surface area contributed by atoms with E-state index in [2.05, 4.69) is 45.5 Å². The predicted molar refractivity (Wildman–Crippen MR) is 99.6 cm³/mol. The molecule has 3 rings (SSSR count). The van der Waals surface area contributed by atoms with Crippen LogP contribution in [-0.2, 0) is 5.41 Å². The van der Waals surface area contributed by atoms with Crippen LogP contribution in [0.3, 0.4) is 0 Å². The van der Waals surface area contributed by atoms with Gasteiger partial charge in [0.1, 0.15) is 5.75 Å². The molecule has 0 unspecified atom stereocenters. The molecule has 1 N–H and O–H groups in total. The Morgan fingerprint density at radius 1 is 1.17 bits per heavy atom. The van der Waals surface area contributed by atoms with E-state index in [0.717, 1.165) is 17.3 Å². The number of benzene rings is 2. The van der Waals surface area contributed by atoms with Gasteiger partial charge in [0.25, 0.3) is 5.91 Å². The Balaban J connectivity index is 1.79. The van der Waals surface area contributed by atoms with Gasteiger partial charge >= 0.3 is 0 Å². The van der Waals surface area contributed by atoms with Crippen molar-refractivity contribution in [3.05, 3.63) is 64.1 Å². The monoisotopic (exact) mass is 387 g/mol. The zero-order valence-corrected chi connectivity index (χ0v) is 15.4. The second kappa shape index (κ2) is 7.39. The number of carbonyl (C=O) groups is 1. The average molecular weight is 388 g/mol. The van der Waals surface area contributed by atoms with E-state index in [-0.39, 0.29) is 11.3 Å². The van der Waals surface area contributed by atoms with E-state index in [1.54, 1.807) is 13.2 Å². The normalized spacial score (nSPS) is 15.9. The van der Waals surface area contributed by atoms with Gasteiger partial charge in [-0.05, 0) is 36.6 Å². The molecular formula is C20H22BrNO2. The van der Waals surface area contributed by atoms with E-state index in [1.807, 2.05) is 18.2 Å². The largest absolute Gasteiger partial charge is 0.496 e. The van der Waals surface area contributed by atoms with Gasteiger partial charge in [0, 0.05) is 16.4 Å². The Bertz CT molecular complexity index is 709. The van der Waals surface area contributed by atoms with Gasteiger partial charge in [0.2, 0.25) is 0 Å². The molecule has 0 radical (unpaired) electrons. The molecule has 0 atom stereocenters. The zero-order valence-electron chi connectivity index (χ0n) is 13.8. The molecule has 1 saturated carbocycles. The summed E-state index contributed by atoms with van der Waals surface area (Å²) in [6, 6.07) is 16.0. The lowest BCUT2D eigenvalue weighted by atomic mass is 9.79. The fourth-order valence-corrected chi connectivity index (χ4v) is 3.97. The van der Waals surface area contributed by atoms with Gasteiger partial charge in [0.05, 0.1) is 12.7 Å². The number of ether oxygens (including phenoxy) is 1. The molecule has 1 fully saturated rings. The van der Waals surface area contributed by atoms with Crippen molar-refractivity contribution in [3.8, 4) is 5.75 Å². The lowest BCUT2D eigenvalue weighted by Crippen LogP contribution is -2.39. The summed E-state index contributed by atoms with van der Waals surface area (Å²) in [6.07, 6.45) is 4.66. The standard InChI is InChI=1S/C20H22BrNO2/c1-24-18-10-9-16(21)13-17(18)19(23)22-14-20(11-5-6-12-20)15-7-3-2-4-8-15/h2-4,7-10,13H,5-6,11-12,14H2,1H3,(H,22,23). The lowest BCUT2D eigenvalue weighted by molar-refractivity contribution is 0.0940. The van der Waals surface area contributed by atoms with Crippen LogP contribution in [0.4, 0.5) is 0 Å². The summed E-state index contributed by atoms with van der Waals surface area (Å²) in [5, 5.41) is 3.14. The molecule has 2 aromatic rings. The highest BCUT2D eigenvalue weighted by atomic mass is 79.9. The van der Waals surface area contributed by atoms with Gasteiger partial charge in [-0.3, -0.25) is 4.79 Å². The first-order chi connectivity index (χ1) is 11.6. The van der Waals surface area contributed by atoms with Crippen molar-refractivity contribution in [1.29, 1.82) is 0 Å². The average Bonchev–Trinajstić information content (AvgIpc) is 3.10. The first-order valence-electron chi connectivity index (χ1n) is 8.32. The molecule has 0 aromatic heterocycles. The summed E-state index contributed by atoms with van der Waals surface area (Å²) in [7, 11) is 1.59. The van der Waals surface area contributed by atoms with Gasteiger partial charge in [-0.1, -0.05) is 59.1 Å². The van der Waals surface area contributed by atoms with Gasteiger partial charge in [-0.25, -0.2) is 0 Å². The topological polar surface area (TPSA) is 38.3 Å². The summed E-state index contributed by atoms with van der Waals surface area (Å²) in [4.78, 5) is 12.7. The van der Waals surface area contributed by atoms with Crippen LogP contribution < -0.4 is 10.1 Å². The summed E-state index contributed by atoms with van der Waals surface area (Å²) in [6.45, 7) is 0.658. The van der Waals surface area contributed by atoms with Gasteiger partial charge in [-0.2, -0.15) is 0 Å². The Morgan fingerprint density at radius 2 is 1.88 bits per heavy atom. The molecule has 0 saturated heterocycles. The highest BCUT2D eigenvalue weighted by Gasteiger charge is 2.35. The maximum Gasteiger partial charge on any atom is 0.255 e. The highest BCUT2D eigenvalue weighted by Crippen LogP contribution is 2.40. The summed E-state index contributed by atoms with van der Waals surface area (Å²) >= 11 is 3.42. The van der Waals surface area contributed by atoms with Crippen LogP contribution in [0.25, 0.3) is 0 Å². The number of methoxy groups -OCH3 is 1. The van der Waals surface area contributed by atoms with Crippen molar-refractivity contribution < 1.29 is 9.53 Å². The number of hydrogen-bond acceptors (Lipinski definition) is 2. The van der Waals surface area contributed by atoms with Crippen LogP contribution >= 0.6 is 15.9 Å². The molecule has 4 heteroatoms. The molecule has 126 valence electrons. The van der Waals surface area contributed by atoms with Crippen LogP contribution in [0.5, 0.6) is 5.75 Å².